The Morgan fingerprint density at radius 3 is 2.44 bits per heavy atom. The third-order valence-electron chi connectivity index (χ3n) is 3.73. The van der Waals surface area contributed by atoms with Gasteiger partial charge < -0.3 is 19.6 Å². The van der Waals surface area contributed by atoms with Gasteiger partial charge in [-0.2, -0.15) is 0 Å². The standard InChI is InChI=1S/C16H26N2O6S/c1-4-13-6-7-14(12-15(13)25(21,22)17-20)16(19)18(9-11-24-3)8-5-10-23-2/h6-7,12,17,20H,4-5,8-11H2,1-3H3. The zero-order valence-corrected chi connectivity index (χ0v) is 15.6. The average molecular weight is 374 g/mol. The van der Waals surface area contributed by atoms with Gasteiger partial charge in [-0.15, -0.1) is 0 Å². The summed E-state index contributed by atoms with van der Waals surface area (Å²) in [5, 5.41) is 8.90. The van der Waals surface area contributed by atoms with Gasteiger partial charge in [0.25, 0.3) is 15.9 Å². The van der Waals surface area contributed by atoms with Gasteiger partial charge in [-0.1, -0.05) is 17.9 Å². The topological polar surface area (TPSA) is 105 Å². The highest BCUT2D eigenvalue weighted by Gasteiger charge is 2.22. The maximum atomic E-state index is 12.8. The number of sulfonamides is 1. The molecule has 0 atom stereocenters. The highest BCUT2D eigenvalue weighted by molar-refractivity contribution is 7.89. The molecule has 0 aliphatic rings. The average Bonchev–Trinajstić information content (AvgIpc) is 2.63. The first-order valence-corrected chi connectivity index (χ1v) is 9.45. The van der Waals surface area contributed by atoms with Crippen LogP contribution in [-0.4, -0.2) is 65.0 Å². The number of benzene rings is 1. The number of hydrogen-bond donors (Lipinski definition) is 2. The van der Waals surface area contributed by atoms with Crippen LogP contribution in [0.2, 0.25) is 0 Å². The molecule has 0 aliphatic heterocycles. The first kappa shape index (κ1) is 21.5. The molecule has 2 N–H and O–H groups in total. The van der Waals surface area contributed by atoms with E-state index in [0.29, 0.717) is 44.7 Å². The monoisotopic (exact) mass is 374 g/mol. The number of hydrogen-bond acceptors (Lipinski definition) is 6. The minimum Gasteiger partial charge on any atom is -0.385 e. The summed E-state index contributed by atoms with van der Waals surface area (Å²) >= 11 is 0. The molecule has 0 heterocycles. The molecule has 0 saturated carbocycles. The van der Waals surface area contributed by atoms with Crippen LogP contribution < -0.4 is 4.89 Å². The SMILES string of the molecule is CCc1ccc(C(=O)N(CCCOC)CCOC)cc1S(=O)(=O)NO. The third-order valence-corrected chi connectivity index (χ3v) is 4.93. The second-order valence-electron chi connectivity index (χ2n) is 5.40. The summed E-state index contributed by atoms with van der Waals surface area (Å²) in [5.41, 5.74) is 0.750. The second kappa shape index (κ2) is 10.5. The maximum absolute atomic E-state index is 12.8. The van der Waals surface area contributed by atoms with Crippen molar-refractivity contribution in [2.24, 2.45) is 0 Å². The van der Waals surface area contributed by atoms with Crippen molar-refractivity contribution in [2.75, 3.05) is 40.5 Å². The van der Waals surface area contributed by atoms with E-state index in [9.17, 15) is 13.2 Å². The zero-order valence-electron chi connectivity index (χ0n) is 14.8. The summed E-state index contributed by atoms with van der Waals surface area (Å²) in [6, 6.07) is 4.46. The van der Waals surface area contributed by atoms with E-state index >= 15 is 0 Å². The van der Waals surface area contributed by atoms with Gasteiger partial charge in [-0.25, -0.2) is 8.42 Å². The zero-order chi connectivity index (χ0) is 18.9. The number of ether oxygens (including phenoxy) is 2. The van der Waals surface area contributed by atoms with Gasteiger partial charge >= 0.3 is 0 Å². The highest BCUT2D eigenvalue weighted by Crippen LogP contribution is 2.19. The molecular weight excluding hydrogens is 348 g/mol. The molecule has 1 rings (SSSR count). The molecular formula is C16H26N2O6S. The number of carbonyl (C=O) groups excluding carboxylic acids is 1. The molecule has 9 heteroatoms. The predicted octanol–water partition coefficient (Wildman–Crippen LogP) is 1.04. The Kier molecular flexibility index (Phi) is 9.01. The van der Waals surface area contributed by atoms with Crippen LogP contribution in [0.1, 0.15) is 29.3 Å². The number of aryl methyl sites for hydroxylation is 1. The van der Waals surface area contributed by atoms with E-state index in [0.717, 1.165) is 0 Å². The fourth-order valence-electron chi connectivity index (χ4n) is 2.38. The highest BCUT2D eigenvalue weighted by atomic mass is 32.2. The van der Waals surface area contributed by atoms with Gasteiger partial charge in [-0.3, -0.25) is 4.79 Å². The molecule has 0 aliphatic carbocycles. The molecule has 0 saturated heterocycles. The van der Waals surface area contributed by atoms with Crippen LogP contribution in [0.5, 0.6) is 0 Å². The number of amides is 1. The van der Waals surface area contributed by atoms with Crippen LogP contribution in [0, 0.1) is 0 Å². The molecule has 0 unspecified atom stereocenters. The van der Waals surface area contributed by atoms with Crippen molar-refractivity contribution in [3.63, 3.8) is 0 Å². The first-order valence-electron chi connectivity index (χ1n) is 7.97. The number of nitrogens with zero attached hydrogens (tertiary/aromatic N) is 1. The van der Waals surface area contributed by atoms with Crippen LogP contribution in [-0.2, 0) is 25.9 Å². The Hall–Kier alpha value is -1.52. The van der Waals surface area contributed by atoms with Crippen molar-refractivity contribution in [2.45, 2.75) is 24.7 Å². The van der Waals surface area contributed by atoms with E-state index in [2.05, 4.69) is 0 Å². The van der Waals surface area contributed by atoms with Crippen LogP contribution in [0.3, 0.4) is 0 Å². The third kappa shape index (κ3) is 6.05. The molecule has 0 radical (unpaired) electrons. The summed E-state index contributed by atoms with van der Waals surface area (Å²) < 4.78 is 34.0. The summed E-state index contributed by atoms with van der Waals surface area (Å²) in [7, 11) is -0.936. The Bertz CT molecular complexity index is 663. The fourth-order valence-corrected chi connectivity index (χ4v) is 3.32. The molecule has 0 spiro atoms. The molecule has 0 bridgehead atoms. The Labute approximate surface area is 148 Å². The number of methoxy groups -OCH3 is 2. The maximum Gasteiger partial charge on any atom is 0.262 e. The van der Waals surface area contributed by atoms with Crippen molar-refractivity contribution in [1.82, 2.24) is 9.79 Å². The van der Waals surface area contributed by atoms with E-state index in [1.807, 2.05) is 0 Å². The first-order chi connectivity index (χ1) is 11.9. The van der Waals surface area contributed by atoms with Gasteiger partial charge in [-0.05, 0) is 30.5 Å². The summed E-state index contributed by atoms with van der Waals surface area (Å²) in [6.07, 6.45) is 1.11. The summed E-state index contributed by atoms with van der Waals surface area (Å²) in [4.78, 5) is 15.6. The van der Waals surface area contributed by atoms with Crippen molar-refractivity contribution < 1.29 is 27.9 Å². The lowest BCUT2D eigenvalue weighted by molar-refractivity contribution is 0.0674. The number of rotatable bonds is 11. The van der Waals surface area contributed by atoms with Gasteiger partial charge in [0.2, 0.25) is 0 Å². The van der Waals surface area contributed by atoms with Crippen LogP contribution in [0.25, 0.3) is 0 Å². The van der Waals surface area contributed by atoms with Gasteiger partial charge in [0.15, 0.2) is 0 Å². The van der Waals surface area contributed by atoms with Crippen molar-refractivity contribution in [3.05, 3.63) is 29.3 Å². The molecule has 142 valence electrons. The lowest BCUT2D eigenvalue weighted by atomic mass is 10.1. The van der Waals surface area contributed by atoms with Crippen LogP contribution in [0.4, 0.5) is 0 Å². The van der Waals surface area contributed by atoms with Gasteiger partial charge in [0.05, 0.1) is 11.5 Å². The smallest absolute Gasteiger partial charge is 0.262 e. The van der Waals surface area contributed by atoms with E-state index in [1.54, 1.807) is 38.2 Å². The Morgan fingerprint density at radius 2 is 1.88 bits per heavy atom. The minimum atomic E-state index is -4.07. The molecule has 25 heavy (non-hydrogen) atoms. The normalized spacial score (nSPS) is 11.5. The molecule has 0 fully saturated rings. The van der Waals surface area contributed by atoms with Crippen molar-refractivity contribution >= 4 is 15.9 Å². The molecule has 0 aromatic heterocycles. The van der Waals surface area contributed by atoms with Crippen LogP contribution >= 0.6 is 0 Å². The molecule has 1 aromatic carbocycles. The van der Waals surface area contributed by atoms with Gasteiger partial charge in [0.1, 0.15) is 0 Å². The predicted molar refractivity (Wildman–Crippen MR) is 92.2 cm³/mol. The van der Waals surface area contributed by atoms with Crippen molar-refractivity contribution in [1.29, 1.82) is 0 Å². The second-order valence-corrected chi connectivity index (χ2v) is 7.03. The molecule has 1 amide bonds. The number of nitrogens with one attached hydrogen (secondary N) is 1. The summed E-state index contributed by atoms with van der Waals surface area (Å²) in [5.74, 6) is -0.301. The van der Waals surface area contributed by atoms with E-state index in [4.69, 9.17) is 14.7 Å². The Morgan fingerprint density at radius 1 is 1.20 bits per heavy atom. The lowest BCUT2D eigenvalue weighted by Crippen LogP contribution is -2.35. The van der Waals surface area contributed by atoms with E-state index in [-0.39, 0.29) is 16.4 Å². The number of carbonyl (C=O) groups is 1. The lowest BCUT2D eigenvalue weighted by Gasteiger charge is -2.23. The van der Waals surface area contributed by atoms with E-state index in [1.165, 1.54) is 11.0 Å². The fraction of sp³-hybridized carbons (Fsp3) is 0.562. The quantitative estimate of drug-likeness (QED) is 0.443. The molecule has 8 nitrogen and oxygen atoms in total. The summed E-state index contributed by atoms with van der Waals surface area (Å²) in [6.45, 7) is 3.53. The van der Waals surface area contributed by atoms with E-state index < -0.39 is 10.0 Å². The minimum absolute atomic E-state index is 0.105. The largest absolute Gasteiger partial charge is 0.385 e. The van der Waals surface area contributed by atoms with Gasteiger partial charge in [0, 0.05) is 39.5 Å². The van der Waals surface area contributed by atoms with Crippen molar-refractivity contribution in [3.8, 4) is 0 Å². The van der Waals surface area contributed by atoms with Crippen LogP contribution in [0.15, 0.2) is 23.1 Å². The molecule has 1 aromatic rings. The Balaban J connectivity index is 3.13.